The van der Waals surface area contributed by atoms with Crippen LogP contribution in [0.1, 0.15) is 0 Å². The van der Waals surface area contributed by atoms with E-state index in [0.717, 1.165) is 5.69 Å². The molecule has 5 heteroatoms. The van der Waals surface area contributed by atoms with Crippen molar-refractivity contribution >= 4 is 11.4 Å². The smallest absolute Gasteiger partial charge is 0.144 e. The Balaban J connectivity index is 3.09. The van der Waals surface area contributed by atoms with E-state index in [2.05, 4.69) is 10.3 Å². The van der Waals surface area contributed by atoms with Gasteiger partial charge in [-0.2, -0.15) is 5.11 Å². The van der Waals surface area contributed by atoms with Crippen molar-refractivity contribution in [1.82, 2.24) is 0 Å². The van der Waals surface area contributed by atoms with Crippen molar-refractivity contribution in [2.24, 2.45) is 10.3 Å². The topological polar surface area (TPSA) is 63.2 Å². The van der Waals surface area contributed by atoms with Gasteiger partial charge in [-0.25, -0.2) is 5.01 Å². The number of rotatable bonds is 3. The zero-order valence-corrected chi connectivity index (χ0v) is 8.56. The van der Waals surface area contributed by atoms with Gasteiger partial charge in [0.05, 0.1) is 14.2 Å². The number of hydrogen-bond acceptors (Lipinski definition) is 4. The van der Waals surface area contributed by atoms with Crippen LogP contribution >= 0.6 is 0 Å². The first kappa shape index (κ1) is 10.3. The van der Waals surface area contributed by atoms with Crippen LogP contribution in [-0.2, 0) is 0 Å². The summed E-state index contributed by atoms with van der Waals surface area (Å²) in [5.41, 5.74) is 7.12. The molecule has 0 atom stereocenters. The predicted octanol–water partition coefficient (Wildman–Crippen LogP) is 1.71. The van der Waals surface area contributed by atoms with Gasteiger partial charge in [0.15, 0.2) is 0 Å². The molecule has 0 amide bonds. The molecule has 0 spiro atoms. The minimum absolute atomic E-state index is 0.666. The van der Waals surface area contributed by atoms with Crippen molar-refractivity contribution in [1.29, 1.82) is 0 Å². The van der Waals surface area contributed by atoms with Crippen LogP contribution in [-0.4, -0.2) is 21.2 Å². The van der Waals surface area contributed by atoms with Crippen molar-refractivity contribution in [3.63, 3.8) is 0 Å². The molecule has 0 saturated carbocycles. The third-order valence-electron chi connectivity index (χ3n) is 1.78. The van der Waals surface area contributed by atoms with Gasteiger partial charge in [0.2, 0.25) is 0 Å². The zero-order chi connectivity index (χ0) is 10.6. The molecule has 1 aromatic rings. The Morgan fingerprint density at radius 1 is 1.43 bits per heavy atom. The van der Waals surface area contributed by atoms with Gasteiger partial charge in [0, 0.05) is 12.7 Å². The average Bonchev–Trinajstić information content (AvgIpc) is 2.18. The van der Waals surface area contributed by atoms with Crippen LogP contribution in [0.2, 0.25) is 0 Å². The van der Waals surface area contributed by atoms with Gasteiger partial charge in [-0.3, -0.25) is 0 Å². The molecule has 14 heavy (non-hydrogen) atoms. The summed E-state index contributed by atoms with van der Waals surface area (Å²) >= 11 is 0. The quantitative estimate of drug-likeness (QED) is 0.452. The second kappa shape index (κ2) is 4.45. The van der Waals surface area contributed by atoms with Crippen LogP contribution < -0.4 is 15.5 Å². The standard InChI is InChI=1S/C9H14N4O/c1-11-12-13(2)8-6-7(10)4-5-9(8)14-3/h4-6H,10H2,1-3H3/b12-11-. The van der Waals surface area contributed by atoms with Gasteiger partial charge in [0.25, 0.3) is 0 Å². The Hall–Kier alpha value is -1.78. The first-order valence-corrected chi connectivity index (χ1v) is 4.16. The van der Waals surface area contributed by atoms with E-state index in [1.165, 1.54) is 0 Å². The van der Waals surface area contributed by atoms with Crippen molar-refractivity contribution in [3.05, 3.63) is 18.2 Å². The molecule has 0 aliphatic heterocycles. The molecule has 0 aromatic heterocycles. The molecule has 76 valence electrons. The number of nitrogens with zero attached hydrogens (tertiary/aromatic N) is 3. The largest absolute Gasteiger partial charge is 0.495 e. The lowest BCUT2D eigenvalue weighted by molar-refractivity contribution is 0.415. The second-order valence-electron chi connectivity index (χ2n) is 2.74. The van der Waals surface area contributed by atoms with E-state index in [9.17, 15) is 0 Å². The highest BCUT2D eigenvalue weighted by Gasteiger charge is 2.07. The summed E-state index contributed by atoms with van der Waals surface area (Å²) in [7, 11) is 4.99. The van der Waals surface area contributed by atoms with Crippen molar-refractivity contribution < 1.29 is 4.74 Å². The van der Waals surface area contributed by atoms with Gasteiger partial charge >= 0.3 is 0 Å². The Morgan fingerprint density at radius 2 is 2.14 bits per heavy atom. The molecule has 2 N–H and O–H groups in total. The van der Waals surface area contributed by atoms with Gasteiger partial charge in [0.1, 0.15) is 11.4 Å². The Kier molecular flexibility index (Phi) is 3.28. The van der Waals surface area contributed by atoms with E-state index in [1.54, 1.807) is 44.4 Å². The fourth-order valence-electron chi connectivity index (χ4n) is 1.14. The van der Waals surface area contributed by atoms with E-state index in [4.69, 9.17) is 10.5 Å². The average molecular weight is 194 g/mol. The SMILES string of the molecule is C/N=N\N(C)c1cc(N)ccc1OC. The van der Waals surface area contributed by atoms with Crippen LogP contribution in [0.25, 0.3) is 0 Å². The van der Waals surface area contributed by atoms with E-state index >= 15 is 0 Å². The molecule has 0 saturated heterocycles. The molecule has 1 rings (SSSR count). The van der Waals surface area contributed by atoms with Gasteiger partial charge in [-0.15, -0.1) is 0 Å². The highest BCUT2D eigenvalue weighted by atomic mass is 16.5. The first-order chi connectivity index (χ1) is 6.69. The van der Waals surface area contributed by atoms with Crippen molar-refractivity contribution in [3.8, 4) is 5.75 Å². The highest BCUT2D eigenvalue weighted by molar-refractivity contribution is 5.64. The molecule has 0 aliphatic rings. The molecule has 0 fully saturated rings. The van der Waals surface area contributed by atoms with Gasteiger partial charge in [-0.1, -0.05) is 5.22 Å². The molecule has 0 aliphatic carbocycles. The summed E-state index contributed by atoms with van der Waals surface area (Å²) in [6.45, 7) is 0. The van der Waals surface area contributed by atoms with Crippen LogP contribution in [0.5, 0.6) is 5.75 Å². The maximum absolute atomic E-state index is 5.66. The maximum atomic E-state index is 5.66. The normalized spacial score (nSPS) is 10.5. The zero-order valence-electron chi connectivity index (χ0n) is 8.56. The summed E-state index contributed by atoms with van der Waals surface area (Å²) in [6, 6.07) is 5.36. The number of hydrogen-bond donors (Lipinski definition) is 1. The van der Waals surface area contributed by atoms with Crippen molar-refractivity contribution in [2.45, 2.75) is 0 Å². The Bertz CT molecular complexity index is 338. The lowest BCUT2D eigenvalue weighted by Crippen LogP contribution is -2.09. The van der Waals surface area contributed by atoms with Gasteiger partial charge in [-0.05, 0) is 18.2 Å². The summed E-state index contributed by atoms with van der Waals surface area (Å²) in [5.74, 6) is 0.717. The number of methoxy groups -OCH3 is 1. The lowest BCUT2D eigenvalue weighted by atomic mass is 10.2. The van der Waals surface area contributed by atoms with Gasteiger partial charge < -0.3 is 10.5 Å². The van der Waals surface area contributed by atoms with E-state index in [1.807, 2.05) is 0 Å². The number of nitrogens with two attached hydrogens (primary N) is 1. The highest BCUT2D eigenvalue weighted by Crippen LogP contribution is 2.29. The molecule has 0 bridgehead atoms. The minimum Gasteiger partial charge on any atom is -0.495 e. The molecular weight excluding hydrogens is 180 g/mol. The minimum atomic E-state index is 0.666. The van der Waals surface area contributed by atoms with Crippen LogP contribution in [0.4, 0.5) is 11.4 Å². The summed E-state index contributed by atoms with van der Waals surface area (Å²) in [6.07, 6.45) is 0. The fourth-order valence-corrected chi connectivity index (χ4v) is 1.14. The maximum Gasteiger partial charge on any atom is 0.144 e. The third kappa shape index (κ3) is 2.12. The second-order valence-corrected chi connectivity index (χ2v) is 2.74. The third-order valence-corrected chi connectivity index (χ3v) is 1.78. The fraction of sp³-hybridized carbons (Fsp3) is 0.333. The van der Waals surface area contributed by atoms with E-state index < -0.39 is 0 Å². The Labute approximate surface area is 83.2 Å². The number of anilines is 2. The molecular formula is C9H14N4O. The monoisotopic (exact) mass is 194 g/mol. The Morgan fingerprint density at radius 3 is 2.71 bits per heavy atom. The molecule has 0 radical (unpaired) electrons. The molecule has 0 heterocycles. The van der Waals surface area contributed by atoms with E-state index in [0.29, 0.717) is 11.4 Å². The van der Waals surface area contributed by atoms with Crippen LogP contribution in [0, 0.1) is 0 Å². The number of nitrogen functional groups attached to an aromatic ring is 1. The van der Waals surface area contributed by atoms with Crippen molar-refractivity contribution in [2.75, 3.05) is 31.9 Å². The summed E-state index contributed by atoms with van der Waals surface area (Å²) in [5, 5.41) is 9.15. The first-order valence-electron chi connectivity index (χ1n) is 4.16. The molecule has 0 unspecified atom stereocenters. The predicted molar refractivity (Wildman–Crippen MR) is 56.6 cm³/mol. The summed E-state index contributed by atoms with van der Waals surface area (Å²) < 4.78 is 5.17. The lowest BCUT2D eigenvalue weighted by Gasteiger charge is -2.15. The number of ether oxygens (including phenoxy) is 1. The van der Waals surface area contributed by atoms with Crippen LogP contribution in [0.3, 0.4) is 0 Å². The number of benzene rings is 1. The molecule has 5 nitrogen and oxygen atoms in total. The molecule has 1 aromatic carbocycles. The van der Waals surface area contributed by atoms with Crippen LogP contribution in [0.15, 0.2) is 28.5 Å². The summed E-state index contributed by atoms with van der Waals surface area (Å²) in [4.78, 5) is 0. The van der Waals surface area contributed by atoms with E-state index in [-0.39, 0.29) is 0 Å².